The second-order valence-electron chi connectivity index (χ2n) is 3.04. The highest BCUT2D eigenvalue weighted by Crippen LogP contribution is 1.98. The molecule has 0 amide bonds. The molecule has 0 spiro atoms. The van der Waals surface area contributed by atoms with Gasteiger partial charge in [0.15, 0.2) is 0 Å². The first-order valence-electron chi connectivity index (χ1n) is 4.25. The molecule has 12 heavy (non-hydrogen) atoms. The van der Waals surface area contributed by atoms with E-state index in [2.05, 4.69) is 42.5 Å². The lowest BCUT2D eigenvalue weighted by atomic mass is 10.2. The van der Waals surface area contributed by atoms with Gasteiger partial charge in [-0.2, -0.15) is 0 Å². The van der Waals surface area contributed by atoms with Crippen molar-refractivity contribution in [1.29, 1.82) is 0 Å². The van der Waals surface area contributed by atoms with E-state index in [1.54, 1.807) is 0 Å². The number of rotatable bonds is 3. The van der Waals surface area contributed by atoms with Gasteiger partial charge in [-0.1, -0.05) is 13.3 Å². The van der Waals surface area contributed by atoms with Crippen LogP contribution in [0.5, 0.6) is 0 Å². The molecule has 1 rings (SSSR count). The van der Waals surface area contributed by atoms with Gasteiger partial charge in [-0.05, 0) is 6.42 Å². The van der Waals surface area contributed by atoms with E-state index >= 15 is 0 Å². The SMILES string of the molecule is CCCCc1n(C)cc[n+]1C.[Cl-]. The topological polar surface area (TPSA) is 8.81 Å². The summed E-state index contributed by atoms with van der Waals surface area (Å²) < 4.78 is 4.38. The smallest absolute Gasteiger partial charge is 0.255 e. The molecule has 0 N–H and O–H groups in total. The minimum atomic E-state index is 0. The zero-order valence-corrected chi connectivity index (χ0v) is 8.80. The van der Waals surface area contributed by atoms with Gasteiger partial charge in [0.25, 0.3) is 5.82 Å². The lowest BCUT2D eigenvalue weighted by Crippen LogP contribution is -3.00. The molecule has 0 saturated heterocycles. The fourth-order valence-electron chi connectivity index (χ4n) is 1.31. The first-order chi connectivity index (χ1) is 5.25. The maximum absolute atomic E-state index is 2.23. The van der Waals surface area contributed by atoms with E-state index < -0.39 is 0 Å². The number of aromatic nitrogens is 2. The number of hydrogen-bond donors (Lipinski definition) is 0. The maximum Gasteiger partial charge on any atom is 0.255 e. The monoisotopic (exact) mass is 188 g/mol. The zero-order valence-electron chi connectivity index (χ0n) is 8.05. The van der Waals surface area contributed by atoms with Crippen molar-refractivity contribution < 1.29 is 17.0 Å². The normalized spacial score (nSPS) is 9.58. The zero-order chi connectivity index (χ0) is 8.27. The maximum atomic E-state index is 2.23. The Morgan fingerprint density at radius 3 is 2.58 bits per heavy atom. The Balaban J connectivity index is 0.00000121. The van der Waals surface area contributed by atoms with Gasteiger partial charge in [-0.25, -0.2) is 9.13 Å². The van der Waals surface area contributed by atoms with Crippen LogP contribution < -0.4 is 17.0 Å². The quantitative estimate of drug-likeness (QED) is 0.495. The van der Waals surface area contributed by atoms with Crippen LogP contribution in [0.3, 0.4) is 0 Å². The molecule has 2 nitrogen and oxygen atoms in total. The first-order valence-corrected chi connectivity index (χ1v) is 4.25. The molecule has 0 unspecified atom stereocenters. The molecule has 0 fully saturated rings. The molecule has 1 aromatic rings. The Hall–Kier alpha value is -0.500. The number of nitrogens with zero attached hydrogens (tertiary/aromatic N) is 2. The van der Waals surface area contributed by atoms with Crippen LogP contribution in [0.25, 0.3) is 0 Å². The highest BCUT2D eigenvalue weighted by molar-refractivity contribution is 4.81. The summed E-state index contributed by atoms with van der Waals surface area (Å²) in [4.78, 5) is 0. The standard InChI is InChI=1S/C9H17N2.ClH/c1-4-5-6-9-10(2)7-8-11(9)3;/h7-8H,4-6H2,1-3H3;1H/q+1;/p-1. The van der Waals surface area contributed by atoms with Crippen LogP contribution in [0, 0.1) is 0 Å². The molecule has 0 aromatic carbocycles. The van der Waals surface area contributed by atoms with Crippen molar-refractivity contribution in [3.8, 4) is 0 Å². The second kappa shape index (κ2) is 5.20. The second-order valence-corrected chi connectivity index (χ2v) is 3.04. The van der Waals surface area contributed by atoms with Crippen LogP contribution in [-0.4, -0.2) is 4.57 Å². The third kappa shape index (κ3) is 2.52. The molecular formula is C9H17ClN2. The van der Waals surface area contributed by atoms with Gasteiger partial charge in [-0.15, -0.1) is 0 Å². The molecule has 1 heterocycles. The first kappa shape index (κ1) is 11.5. The summed E-state index contributed by atoms with van der Waals surface area (Å²) in [6, 6.07) is 0. The van der Waals surface area contributed by atoms with E-state index in [1.807, 2.05) is 0 Å². The number of unbranched alkanes of at least 4 members (excludes halogenated alkanes) is 1. The molecule has 70 valence electrons. The molecule has 3 heteroatoms. The van der Waals surface area contributed by atoms with Crippen LogP contribution >= 0.6 is 0 Å². The van der Waals surface area contributed by atoms with Crippen molar-refractivity contribution in [3.63, 3.8) is 0 Å². The minimum Gasteiger partial charge on any atom is -1.00 e. The Kier molecular flexibility index (Phi) is 4.98. The van der Waals surface area contributed by atoms with E-state index in [1.165, 1.54) is 25.1 Å². The summed E-state index contributed by atoms with van der Waals surface area (Å²) in [7, 11) is 4.20. The van der Waals surface area contributed by atoms with E-state index in [0.717, 1.165) is 0 Å². The number of imidazole rings is 1. The summed E-state index contributed by atoms with van der Waals surface area (Å²) in [6.07, 6.45) is 7.95. The molecule has 0 aliphatic heterocycles. The van der Waals surface area contributed by atoms with Crippen molar-refractivity contribution in [1.82, 2.24) is 4.57 Å². The van der Waals surface area contributed by atoms with Crippen LogP contribution in [-0.2, 0) is 20.5 Å². The fourth-order valence-corrected chi connectivity index (χ4v) is 1.31. The fraction of sp³-hybridized carbons (Fsp3) is 0.667. The molecule has 0 atom stereocenters. The van der Waals surface area contributed by atoms with Crippen molar-refractivity contribution in [2.75, 3.05) is 0 Å². The molecule has 0 bridgehead atoms. The largest absolute Gasteiger partial charge is 1.00 e. The number of aryl methyl sites for hydroxylation is 2. The highest BCUT2D eigenvalue weighted by atomic mass is 35.5. The highest BCUT2D eigenvalue weighted by Gasteiger charge is 2.08. The lowest BCUT2D eigenvalue weighted by Gasteiger charge is -1.95. The molecule has 0 aliphatic rings. The Morgan fingerprint density at radius 1 is 1.50 bits per heavy atom. The summed E-state index contributed by atoms with van der Waals surface area (Å²) >= 11 is 0. The van der Waals surface area contributed by atoms with E-state index in [9.17, 15) is 0 Å². The lowest BCUT2D eigenvalue weighted by molar-refractivity contribution is -0.678. The van der Waals surface area contributed by atoms with E-state index in [-0.39, 0.29) is 12.4 Å². The van der Waals surface area contributed by atoms with Gasteiger partial charge in [-0.3, -0.25) is 0 Å². The van der Waals surface area contributed by atoms with Gasteiger partial charge in [0.05, 0.1) is 14.1 Å². The molecular weight excluding hydrogens is 172 g/mol. The average molecular weight is 189 g/mol. The molecule has 0 aliphatic carbocycles. The predicted octanol–water partition coefficient (Wildman–Crippen LogP) is -1.80. The van der Waals surface area contributed by atoms with Crippen LogP contribution in [0.4, 0.5) is 0 Å². The van der Waals surface area contributed by atoms with Crippen LogP contribution in [0.15, 0.2) is 12.4 Å². The molecule has 0 saturated carbocycles. The molecule has 0 radical (unpaired) electrons. The van der Waals surface area contributed by atoms with Crippen molar-refractivity contribution in [2.45, 2.75) is 26.2 Å². The van der Waals surface area contributed by atoms with Gasteiger partial charge in [0.2, 0.25) is 0 Å². The predicted molar refractivity (Wildman–Crippen MR) is 45.2 cm³/mol. The van der Waals surface area contributed by atoms with Crippen LogP contribution in [0.1, 0.15) is 25.6 Å². The minimum absolute atomic E-state index is 0. The van der Waals surface area contributed by atoms with Crippen molar-refractivity contribution in [3.05, 3.63) is 18.2 Å². The van der Waals surface area contributed by atoms with Crippen molar-refractivity contribution in [2.24, 2.45) is 14.1 Å². The Bertz CT molecular complexity index is 211. The third-order valence-electron chi connectivity index (χ3n) is 2.08. The summed E-state index contributed by atoms with van der Waals surface area (Å²) in [5, 5.41) is 0. The van der Waals surface area contributed by atoms with Crippen molar-refractivity contribution >= 4 is 0 Å². The Labute approximate surface area is 80.6 Å². The van der Waals surface area contributed by atoms with Gasteiger partial charge in [0, 0.05) is 6.42 Å². The summed E-state index contributed by atoms with van der Waals surface area (Å²) in [5.74, 6) is 1.41. The van der Waals surface area contributed by atoms with Gasteiger partial charge >= 0.3 is 0 Å². The number of halogens is 1. The van der Waals surface area contributed by atoms with Gasteiger partial charge in [0.1, 0.15) is 12.4 Å². The third-order valence-corrected chi connectivity index (χ3v) is 2.08. The average Bonchev–Trinajstić information content (AvgIpc) is 2.29. The summed E-state index contributed by atoms with van der Waals surface area (Å²) in [5.41, 5.74) is 0. The summed E-state index contributed by atoms with van der Waals surface area (Å²) in [6.45, 7) is 2.23. The number of hydrogen-bond acceptors (Lipinski definition) is 0. The molecule has 1 aromatic heterocycles. The van der Waals surface area contributed by atoms with Crippen LogP contribution in [0.2, 0.25) is 0 Å². The van der Waals surface area contributed by atoms with Gasteiger partial charge < -0.3 is 12.4 Å². The van der Waals surface area contributed by atoms with E-state index in [0.29, 0.717) is 0 Å². The van der Waals surface area contributed by atoms with E-state index in [4.69, 9.17) is 0 Å². The Morgan fingerprint density at radius 2 is 2.17 bits per heavy atom.